The second kappa shape index (κ2) is 7.36. The van der Waals surface area contributed by atoms with Crippen molar-refractivity contribution in [3.05, 3.63) is 24.3 Å². The van der Waals surface area contributed by atoms with Crippen LogP contribution in [0, 0.1) is 0 Å². The van der Waals surface area contributed by atoms with E-state index in [1.54, 1.807) is 0 Å². The first-order valence-electron chi connectivity index (χ1n) is 5.35. The Kier molecular flexibility index (Phi) is 5.80. The Morgan fingerprint density at radius 2 is 1.57 bits per heavy atom. The van der Waals surface area contributed by atoms with Gasteiger partial charge in [-0.05, 0) is 32.1 Å². The molecule has 2 nitrogen and oxygen atoms in total. The van der Waals surface area contributed by atoms with Crippen LogP contribution in [0.25, 0.3) is 0 Å². The third kappa shape index (κ3) is 5.57. The maximum absolute atomic E-state index is 11.1. The lowest BCUT2D eigenvalue weighted by Gasteiger charge is -2.01. The van der Waals surface area contributed by atoms with Crippen molar-refractivity contribution in [1.82, 2.24) is 0 Å². The number of hydrogen-bond donors (Lipinski definition) is 0. The molecule has 1 aliphatic heterocycles. The molecule has 0 bridgehead atoms. The van der Waals surface area contributed by atoms with Gasteiger partial charge in [-0.25, -0.2) is 0 Å². The van der Waals surface area contributed by atoms with E-state index >= 15 is 0 Å². The molecule has 1 heterocycles. The standard InChI is InChI=1S/C12H18O2/c13-12-10-8-6-4-2-1-3-5-7-9-11-14-12/h3-6H,1-2,7-11H2/b5-3-,6-4-. The minimum atomic E-state index is -0.0714. The third-order valence-corrected chi connectivity index (χ3v) is 2.13. The van der Waals surface area contributed by atoms with Crippen molar-refractivity contribution in [3.63, 3.8) is 0 Å². The first-order valence-corrected chi connectivity index (χ1v) is 5.35. The Morgan fingerprint density at radius 3 is 2.36 bits per heavy atom. The molecule has 0 radical (unpaired) electrons. The minimum absolute atomic E-state index is 0.0714. The largest absolute Gasteiger partial charge is 0.466 e. The SMILES string of the molecule is O=C1CC/C=C\CC/C=C\CCCO1. The number of ether oxygens (including phenoxy) is 1. The van der Waals surface area contributed by atoms with Crippen molar-refractivity contribution in [2.45, 2.75) is 38.5 Å². The summed E-state index contributed by atoms with van der Waals surface area (Å²) in [5.41, 5.74) is 0. The Balaban J connectivity index is 2.31. The van der Waals surface area contributed by atoms with Crippen LogP contribution in [-0.2, 0) is 9.53 Å². The Labute approximate surface area is 85.6 Å². The van der Waals surface area contributed by atoms with Gasteiger partial charge in [0.25, 0.3) is 0 Å². The fourth-order valence-corrected chi connectivity index (χ4v) is 1.32. The predicted molar refractivity (Wildman–Crippen MR) is 56.9 cm³/mol. The quantitative estimate of drug-likeness (QED) is 0.437. The Bertz CT molecular complexity index is 216. The summed E-state index contributed by atoms with van der Waals surface area (Å²) < 4.78 is 5.05. The van der Waals surface area contributed by atoms with Crippen LogP contribution in [0.3, 0.4) is 0 Å². The van der Waals surface area contributed by atoms with Crippen LogP contribution in [0.1, 0.15) is 38.5 Å². The second-order valence-electron chi connectivity index (χ2n) is 3.42. The summed E-state index contributed by atoms with van der Waals surface area (Å²) in [6, 6.07) is 0. The molecule has 0 aromatic carbocycles. The number of cyclic esters (lactones) is 1. The van der Waals surface area contributed by atoms with Gasteiger partial charge in [-0.2, -0.15) is 0 Å². The number of esters is 1. The molecule has 0 saturated heterocycles. The molecule has 0 N–H and O–H groups in total. The highest BCUT2D eigenvalue weighted by Gasteiger charge is 1.99. The summed E-state index contributed by atoms with van der Waals surface area (Å²) in [6.07, 6.45) is 14.0. The van der Waals surface area contributed by atoms with Gasteiger partial charge < -0.3 is 4.74 Å². The topological polar surface area (TPSA) is 26.3 Å². The lowest BCUT2D eigenvalue weighted by Crippen LogP contribution is -2.04. The summed E-state index contributed by atoms with van der Waals surface area (Å²) >= 11 is 0. The van der Waals surface area contributed by atoms with Crippen LogP contribution < -0.4 is 0 Å². The van der Waals surface area contributed by atoms with Crippen LogP contribution in [0.4, 0.5) is 0 Å². The molecule has 0 atom stereocenters. The van der Waals surface area contributed by atoms with E-state index in [1.807, 2.05) is 0 Å². The van der Waals surface area contributed by atoms with Gasteiger partial charge in [0, 0.05) is 6.42 Å². The van der Waals surface area contributed by atoms with Crippen LogP contribution in [0.15, 0.2) is 24.3 Å². The van der Waals surface area contributed by atoms with E-state index in [4.69, 9.17) is 4.74 Å². The van der Waals surface area contributed by atoms with Crippen molar-refractivity contribution in [1.29, 1.82) is 0 Å². The van der Waals surface area contributed by atoms with Crippen LogP contribution in [0.5, 0.6) is 0 Å². The van der Waals surface area contributed by atoms with E-state index in [0.29, 0.717) is 13.0 Å². The molecular formula is C12H18O2. The normalized spacial score (nSPS) is 25.0. The molecular weight excluding hydrogens is 176 g/mol. The van der Waals surface area contributed by atoms with Gasteiger partial charge in [0.05, 0.1) is 6.61 Å². The first kappa shape index (κ1) is 11.0. The highest BCUT2D eigenvalue weighted by atomic mass is 16.5. The van der Waals surface area contributed by atoms with Crippen molar-refractivity contribution in [3.8, 4) is 0 Å². The van der Waals surface area contributed by atoms with Crippen molar-refractivity contribution in [2.75, 3.05) is 6.61 Å². The molecule has 0 fully saturated rings. The minimum Gasteiger partial charge on any atom is -0.466 e. The summed E-state index contributed by atoms with van der Waals surface area (Å²) in [5, 5.41) is 0. The first-order chi connectivity index (χ1) is 6.89. The van der Waals surface area contributed by atoms with Crippen molar-refractivity contribution in [2.24, 2.45) is 0 Å². The van der Waals surface area contributed by atoms with E-state index in [2.05, 4.69) is 24.3 Å². The number of hydrogen-bond acceptors (Lipinski definition) is 2. The fraction of sp³-hybridized carbons (Fsp3) is 0.583. The van der Waals surface area contributed by atoms with Crippen molar-refractivity contribution < 1.29 is 9.53 Å². The smallest absolute Gasteiger partial charge is 0.306 e. The molecule has 78 valence electrons. The lowest BCUT2D eigenvalue weighted by atomic mass is 10.2. The van der Waals surface area contributed by atoms with Gasteiger partial charge >= 0.3 is 5.97 Å². The molecule has 0 unspecified atom stereocenters. The average Bonchev–Trinajstić information content (AvgIpc) is 2.20. The molecule has 0 aromatic heterocycles. The molecule has 0 saturated carbocycles. The van der Waals surface area contributed by atoms with Crippen LogP contribution >= 0.6 is 0 Å². The summed E-state index contributed by atoms with van der Waals surface area (Å²) in [5.74, 6) is -0.0714. The molecule has 2 heteroatoms. The van der Waals surface area contributed by atoms with Gasteiger partial charge in [-0.1, -0.05) is 24.3 Å². The van der Waals surface area contributed by atoms with Gasteiger partial charge in [-0.3, -0.25) is 4.79 Å². The summed E-state index contributed by atoms with van der Waals surface area (Å²) in [6.45, 7) is 0.562. The van der Waals surface area contributed by atoms with E-state index in [-0.39, 0.29) is 5.97 Å². The zero-order chi connectivity index (χ0) is 10.1. The Hall–Kier alpha value is -1.05. The number of allylic oxidation sites excluding steroid dienone is 4. The third-order valence-electron chi connectivity index (χ3n) is 2.13. The summed E-state index contributed by atoms with van der Waals surface area (Å²) in [7, 11) is 0. The predicted octanol–water partition coefficient (Wildman–Crippen LogP) is 3.00. The molecule has 1 aliphatic rings. The van der Waals surface area contributed by atoms with Gasteiger partial charge in [0.2, 0.25) is 0 Å². The molecule has 1 rings (SSSR count). The maximum Gasteiger partial charge on any atom is 0.306 e. The molecule has 0 spiro atoms. The molecule has 14 heavy (non-hydrogen) atoms. The highest BCUT2D eigenvalue weighted by Crippen LogP contribution is 2.02. The maximum atomic E-state index is 11.1. The average molecular weight is 194 g/mol. The zero-order valence-corrected chi connectivity index (χ0v) is 8.58. The van der Waals surface area contributed by atoms with E-state index in [1.165, 1.54) is 0 Å². The van der Waals surface area contributed by atoms with Gasteiger partial charge in [0.1, 0.15) is 0 Å². The lowest BCUT2D eigenvalue weighted by molar-refractivity contribution is -0.143. The van der Waals surface area contributed by atoms with Crippen molar-refractivity contribution >= 4 is 5.97 Å². The zero-order valence-electron chi connectivity index (χ0n) is 8.58. The second-order valence-corrected chi connectivity index (χ2v) is 3.42. The van der Waals surface area contributed by atoms with E-state index < -0.39 is 0 Å². The van der Waals surface area contributed by atoms with Gasteiger partial charge in [0.15, 0.2) is 0 Å². The van der Waals surface area contributed by atoms with E-state index in [0.717, 1.165) is 32.1 Å². The monoisotopic (exact) mass is 194 g/mol. The molecule has 0 amide bonds. The number of rotatable bonds is 0. The number of carbonyl (C=O) groups excluding carboxylic acids is 1. The Morgan fingerprint density at radius 1 is 0.929 bits per heavy atom. The van der Waals surface area contributed by atoms with Crippen LogP contribution in [0.2, 0.25) is 0 Å². The molecule has 0 aromatic rings. The van der Waals surface area contributed by atoms with Gasteiger partial charge in [-0.15, -0.1) is 0 Å². The van der Waals surface area contributed by atoms with E-state index in [9.17, 15) is 4.79 Å². The molecule has 0 aliphatic carbocycles. The fourth-order valence-electron chi connectivity index (χ4n) is 1.32. The summed E-state index contributed by atoms with van der Waals surface area (Å²) in [4.78, 5) is 11.1. The van der Waals surface area contributed by atoms with Crippen LogP contribution in [-0.4, -0.2) is 12.6 Å². The number of carbonyl (C=O) groups is 1. The highest BCUT2D eigenvalue weighted by molar-refractivity contribution is 5.69.